The molecule has 0 saturated carbocycles. The highest BCUT2D eigenvalue weighted by molar-refractivity contribution is 14.2. The highest BCUT2D eigenvalue weighted by atomic mass is 127. The van der Waals surface area contributed by atoms with Crippen LogP contribution in [0.5, 0.6) is 0 Å². The summed E-state index contributed by atoms with van der Waals surface area (Å²) in [5.74, 6) is 1.02. The fourth-order valence-corrected chi connectivity index (χ4v) is 1.18. The highest BCUT2D eigenvalue weighted by Gasteiger charge is 1.93. The van der Waals surface area contributed by atoms with Crippen molar-refractivity contribution >= 4 is 36.0 Å². The molecule has 0 heterocycles. The summed E-state index contributed by atoms with van der Waals surface area (Å²) in [7, 11) is 3.31. The van der Waals surface area contributed by atoms with Gasteiger partial charge in [-0.15, -0.1) is 0 Å². The summed E-state index contributed by atoms with van der Waals surface area (Å²) in [5.41, 5.74) is 0. The zero-order valence-corrected chi connectivity index (χ0v) is 7.58. The summed E-state index contributed by atoms with van der Waals surface area (Å²) >= 11 is 2.17. The first-order chi connectivity index (χ1) is 3.81. The number of carbonyl (C=O) groups excluding carboxylic acids is 1. The third-order valence-corrected chi connectivity index (χ3v) is 2.36. The van der Waals surface area contributed by atoms with Crippen molar-refractivity contribution in [2.45, 2.75) is 6.42 Å². The van der Waals surface area contributed by atoms with Gasteiger partial charge in [-0.25, -0.2) is 0 Å². The van der Waals surface area contributed by atoms with E-state index in [0.29, 0.717) is 6.42 Å². The largest absolute Gasteiger partial charge is 0.359 e. The average Bonchev–Trinajstić information content (AvgIpc) is 1.83. The molecule has 0 aromatic heterocycles. The van der Waals surface area contributed by atoms with E-state index in [1.54, 1.807) is 16.0 Å². The van der Waals surface area contributed by atoms with E-state index in [1.807, 2.05) is 0 Å². The molecule has 0 aliphatic heterocycles. The molecule has 4 heteroatoms. The molecule has 0 aromatic rings. The molecular weight excluding hydrogens is 237 g/mol. The van der Waals surface area contributed by atoms with Crippen molar-refractivity contribution in [1.82, 2.24) is 5.32 Å². The van der Waals surface area contributed by atoms with E-state index in [-0.39, 0.29) is 5.91 Å². The zero-order chi connectivity index (χ0) is 6.41. The molecule has 0 radical (unpaired) electrons. The molecule has 0 aliphatic carbocycles. The van der Waals surface area contributed by atoms with Crippen LogP contribution in [0, 0.1) is 0 Å². The molecule has 0 fully saturated rings. The summed E-state index contributed by atoms with van der Waals surface area (Å²) in [4.78, 5) is 10.4. The second kappa shape index (κ2) is 5.68. The van der Waals surface area contributed by atoms with Gasteiger partial charge in [0.15, 0.2) is 0 Å². The van der Waals surface area contributed by atoms with Crippen molar-refractivity contribution in [3.05, 3.63) is 0 Å². The van der Waals surface area contributed by atoms with Gasteiger partial charge in [-0.2, -0.15) is 0 Å². The molecule has 1 amide bonds. The quantitative estimate of drug-likeness (QED) is 0.757. The van der Waals surface area contributed by atoms with Crippen LogP contribution in [0.25, 0.3) is 0 Å². The number of nitrogens with one attached hydrogen (secondary N) is 1. The van der Waals surface area contributed by atoms with Gasteiger partial charge in [0.2, 0.25) is 5.91 Å². The number of rotatable bonds is 3. The van der Waals surface area contributed by atoms with Crippen molar-refractivity contribution in [3.8, 4) is 0 Å². The number of carbonyl (C=O) groups is 1. The minimum Gasteiger partial charge on any atom is -0.359 e. The fraction of sp³-hybridized carbons (Fsp3) is 0.750. The summed E-state index contributed by atoms with van der Waals surface area (Å²) in [6, 6.07) is 0. The summed E-state index contributed by atoms with van der Waals surface area (Å²) < 4.78 is 0. The summed E-state index contributed by atoms with van der Waals surface area (Å²) in [5, 5.41) is 2.54. The third kappa shape index (κ3) is 4.70. The molecule has 2 nitrogen and oxygen atoms in total. The van der Waals surface area contributed by atoms with Crippen LogP contribution in [0.3, 0.4) is 0 Å². The molecule has 0 spiro atoms. The number of hydrogen-bond donors (Lipinski definition) is 1. The molecule has 0 bridgehead atoms. The van der Waals surface area contributed by atoms with Gasteiger partial charge in [-0.1, -0.05) is 8.93 Å². The predicted molar refractivity (Wildman–Crippen MR) is 45.2 cm³/mol. The van der Waals surface area contributed by atoms with Gasteiger partial charge in [0.1, 0.15) is 0 Å². The Labute approximate surface area is 65.4 Å². The SMILES string of the molecule is CNC(=O)CCSI. The van der Waals surface area contributed by atoms with Crippen LogP contribution in [0.1, 0.15) is 6.42 Å². The monoisotopic (exact) mass is 245 g/mol. The molecule has 48 valence electrons. The van der Waals surface area contributed by atoms with E-state index in [0.717, 1.165) is 5.75 Å². The van der Waals surface area contributed by atoms with E-state index < -0.39 is 0 Å². The van der Waals surface area contributed by atoms with Gasteiger partial charge in [0.25, 0.3) is 0 Å². The first kappa shape index (κ1) is 8.55. The Hall–Kier alpha value is 0.550. The lowest BCUT2D eigenvalue weighted by atomic mass is 10.5. The van der Waals surface area contributed by atoms with Gasteiger partial charge in [0, 0.05) is 19.2 Å². The van der Waals surface area contributed by atoms with Gasteiger partial charge >= 0.3 is 0 Å². The lowest BCUT2D eigenvalue weighted by Crippen LogP contribution is -2.17. The summed E-state index contributed by atoms with van der Waals surface area (Å²) in [6.45, 7) is 0. The Kier molecular flexibility index (Phi) is 6.07. The normalized spacial score (nSPS) is 8.75. The molecule has 0 aromatic carbocycles. The molecule has 0 unspecified atom stereocenters. The van der Waals surface area contributed by atoms with E-state index in [9.17, 15) is 4.79 Å². The lowest BCUT2D eigenvalue weighted by Gasteiger charge is -1.93. The molecule has 8 heavy (non-hydrogen) atoms. The van der Waals surface area contributed by atoms with Crippen molar-refractivity contribution in [1.29, 1.82) is 0 Å². The second-order valence-corrected chi connectivity index (χ2v) is 3.73. The Morgan fingerprint density at radius 3 is 2.88 bits per heavy atom. The van der Waals surface area contributed by atoms with Gasteiger partial charge in [-0.05, 0) is 21.2 Å². The maximum absolute atomic E-state index is 10.4. The van der Waals surface area contributed by atoms with Crippen molar-refractivity contribution in [2.24, 2.45) is 0 Å². The van der Waals surface area contributed by atoms with Gasteiger partial charge in [-0.3, -0.25) is 4.79 Å². The lowest BCUT2D eigenvalue weighted by molar-refractivity contribution is -0.120. The van der Waals surface area contributed by atoms with Crippen LogP contribution in [-0.4, -0.2) is 18.7 Å². The van der Waals surface area contributed by atoms with Gasteiger partial charge in [0.05, 0.1) is 0 Å². The van der Waals surface area contributed by atoms with E-state index in [2.05, 4.69) is 26.5 Å². The van der Waals surface area contributed by atoms with Crippen LogP contribution < -0.4 is 5.32 Å². The Morgan fingerprint density at radius 1 is 1.88 bits per heavy atom. The van der Waals surface area contributed by atoms with Crippen LogP contribution in [0.15, 0.2) is 0 Å². The molecule has 0 aliphatic rings. The molecule has 0 atom stereocenters. The van der Waals surface area contributed by atoms with Crippen LogP contribution in [0.4, 0.5) is 0 Å². The van der Waals surface area contributed by atoms with Crippen molar-refractivity contribution in [2.75, 3.05) is 12.8 Å². The second-order valence-electron chi connectivity index (χ2n) is 1.24. The van der Waals surface area contributed by atoms with Crippen LogP contribution in [0.2, 0.25) is 0 Å². The standard InChI is InChI=1S/C4H8INOS/c1-6-4(7)2-3-8-5/h2-3H2,1H3,(H,6,7). The molecular formula is C4H8INOS. The van der Waals surface area contributed by atoms with E-state index in [1.165, 1.54) is 0 Å². The topological polar surface area (TPSA) is 29.1 Å². The number of hydrogen-bond acceptors (Lipinski definition) is 2. The zero-order valence-electron chi connectivity index (χ0n) is 4.61. The first-order valence-electron chi connectivity index (χ1n) is 2.25. The Bertz CT molecular complexity index is 78.4. The number of halogens is 1. The smallest absolute Gasteiger partial charge is 0.220 e. The molecule has 1 N–H and O–H groups in total. The van der Waals surface area contributed by atoms with Crippen molar-refractivity contribution in [3.63, 3.8) is 0 Å². The Morgan fingerprint density at radius 2 is 2.50 bits per heavy atom. The van der Waals surface area contributed by atoms with Crippen molar-refractivity contribution < 1.29 is 4.79 Å². The minimum absolute atomic E-state index is 0.120. The van der Waals surface area contributed by atoms with Crippen LogP contribution >= 0.6 is 30.1 Å². The van der Waals surface area contributed by atoms with E-state index in [4.69, 9.17) is 0 Å². The Balaban J connectivity index is 2.99. The maximum Gasteiger partial charge on any atom is 0.220 e. The van der Waals surface area contributed by atoms with E-state index >= 15 is 0 Å². The highest BCUT2D eigenvalue weighted by Crippen LogP contribution is 2.10. The summed E-state index contributed by atoms with van der Waals surface area (Å²) in [6.07, 6.45) is 0.629. The predicted octanol–water partition coefficient (Wildman–Crippen LogP) is 1.21. The molecule has 0 saturated heterocycles. The fourth-order valence-electron chi connectivity index (χ4n) is 0.256. The third-order valence-electron chi connectivity index (χ3n) is 0.685. The first-order valence-corrected chi connectivity index (χ1v) is 5.78. The minimum atomic E-state index is 0.120. The maximum atomic E-state index is 10.4. The molecule has 0 rings (SSSR count). The average molecular weight is 245 g/mol. The van der Waals surface area contributed by atoms with Crippen LogP contribution in [-0.2, 0) is 4.79 Å². The van der Waals surface area contributed by atoms with Gasteiger partial charge < -0.3 is 5.32 Å². The number of amides is 1.